The first-order valence-corrected chi connectivity index (χ1v) is 9.59. The molecular weight excluding hydrogens is 407 g/mol. The third kappa shape index (κ3) is 4.94. The summed E-state index contributed by atoms with van der Waals surface area (Å²) in [6, 6.07) is 13.4. The van der Waals surface area contributed by atoms with Crippen LogP contribution in [0.5, 0.6) is 0 Å². The van der Waals surface area contributed by atoms with E-state index in [1.807, 2.05) is 30.3 Å². The average molecular weight is 421 g/mol. The van der Waals surface area contributed by atoms with Gasteiger partial charge in [-0.1, -0.05) is 65.9 Å². The van der Waals surface area contributed by atoms with E-state index in [4.69, 9.17) is 23.8 Å². The topological polar surface area (TPSA) is 49.4 Å². The first-order valence-electron chi connectivity index (χ1n) is 7.99. The minimum absolute atomic E-state index is 0.0556. The largest absolute Gasteiger partial charge is 0.326 e. The van der Waals surface area contributed by atoms with Gasteiger partial charge in [-0.15, -0.1) is 0 Å². The standard InChI is InChI=1S/C19H14ClFN2O2S2/c20-14-11-13(6-7-15(14)21)22-17(24)8-9-23-18(25)16(27-19(23)26)10-12-4-2-1-3-5-12/h1-7,10-11H,8-9H2,(H,22,24)/b16-10-. The summed E-state index contributed by atoms with van der Waals surface area (Å²) in [5.74, 6) is -1.09. The van der Waals surface area contributed by atoms with E-state index in [9.17, 15) is 14.0 Å². The zero-order chi connectivity index (χ0) is 19.4. The van der Waals surface area contributed by atoms with Crippen molar-refractivity contribution in [1.82, 2.24) is 4.90 Å². The quantitative estimate of drug-likeness (QED) is 0.562. The highest BCUT2D eigenvalue weighted by atomic mass is 35.5. The Morgan fingerprint density at radius 3 is 2.70 bits per heavy atom. The van der Waals surface area contributed by atoms with Gasteiger partial charge in [-0.25, -0.2) is 4.39 Å². The molecule has 27 heavy (non-hydrogen) atoms. The smallest absolute Gasteiger partial charge is 0.266 e. The molecule has 8 heteroatoms. The molecule has 1 N–H and O–H groups in total. The molecule has 0 radical (unpaired) electrons. The second-order valence-electron chi connectivity index (χ2n) is 5.67. The van der Waals surface area contributed by atoms with Crippen LogP contribution >= 0.6 is 35.6 Å². The minimum Gasteiger partial charge on any atom is -0.326 e. The first-order chi connectivity index (χ1) is 12.9. The summed E-state index contributed by atoms with van der Waals surface area (Å²) in [5, 5.41) is 2.55. The molecule has 1 aliphatic rings. The van der Waals surface area contributed by atoms with Crippen molar-refractivity contribution in [2.24, 2.45) is 0 Å². The maximum atomic E-state index is 13.2. The molecule has 0 spiro atoms. The number of thioether (sulfide) groups is 1. The Balaban J connectivity index is 1.59. The summed E-state index contributed by atoms with van der Waals surface area (Å²) in [5.41, 5.74) is 1.30. The van der Waals surface area contributed by atoms with E-state index in [-0.39, 0.29) is 29.8 Å². The van der Waals surface area contributed by atoms with E-state index >= 15 is 0 Å². The van der Waals surface area contributed by atoms with Gasteiger partial charge in [-0.3, -0.25) is 14.5 Å². The number of thiocarbonyl (C=S) groups is 1. The van der Waals surface area contributed by atoms with E-state index in [2.05, 4.69) is 5.32 Å². The Hall–Kier alpha value is -2.22. The zero-order valence-electron chi connectivity index (χ0n) is 13.9. The molecule has 2 aromatic carbocycles. The minimum atomic E-state index is -0.558. The number of hydrogen-bond donors (Lipinski definition) is 1. The van der Waals surface area contributed by atoms with Crippen LogP contribution in [-0.4, -0.2) is 27.6 Å². The lowest BCUT2D eigenvalue weighted by atomic mass is 10.2. The normalized spacial score (nSPS) is 15.5. The highest BCUT2D eigenvalue weighted by molar-refractivity contribution is 8.26. The Labute approximate surface area is 170 Å². The fourth-order valence-corrected chi connectivity index (χ4v) is 3.89. The highest BCUT2D eigenvalue weighted by Gasteiger charge is 2.32. The van der Waals surface area contributed by atoms with Crippen molar-refractivity contribution < 1.29 is 14.0 Å². The van der Waals surface area contributed by atoms with Gasteiger partial charge in [0.2, 0.25) is 5.91 Å². The van der Waals surface area contributed by atoms with Gasteiger partial charge in [-0.2, -0.15) is 0 Å². The molecule has 1 heterocycles. The summed E-state index contributed by atoms with van der Waals surface area (Å²) in [4.78, 5) is 26.6. The van der Waals surface area contributed by atoms with Crippen LogP contribution in [0.15, 0.2) is 53.4 Å². The van der Waals surface area contributed by atoms with E-state index in [1.165, 1.54) is 34.9 Å². The van der Waals surface area contributed by atoms with Gasteiger partial charge in [0, 0.05) is 18.7 Å². The SMILES string of the molecule is O=C(CCN1C(=O)/C(=C/c2ccccc2)SC1=S)Nc1ccc(F)c(Cl)c1. The van der Waals surface area contributed by atoms with Crippen LogP contribution in [0.1, 0.15) is 12.0 Å². The van der Waals surface area contributed by atoms with Gasteiger partial charge in [0.25, 0.3) is 5.91 Å². The van der Waals surface area contributed by atoms with Crippen molar-refractivity contribution in [2.45, 2.75) is 6.42 Å². The van der Waals surface area contributed by atoms with Crippen LogP contribution in [0.4, 0.5) is 10.1 Å². The molecule has 1 fully saturated rings. The lowest BCUT2D eigenvalue weighted by Gasteiger charge is -2.14. The van der Waals surface area contributed by atoms with E-state index in [0.717, 1.165) is 5.56 Å². The molecule has 0 unspecified atom stereocenters. The van der Waals surface area contributed by atoms with E-state index < -0.39 is 5.82 Å². The number of carbonyl (C=O) groups is 2. The van der Waals surface area contributed by atoms with Gasteiger partial charge < -0.3 is 5.32 Å². The monoisotopic (exact) mass is 420 g/mol. The molecule has 3 rings (SSSR count). The number of carbonyl (C=O) groups excluding carboxylic acids is 2. The molecule has 0 aromatic heterocycles. The number of anilines is 1. The zero-order valence-corrected chi connectivity index (χ0v) is 16.3. The molecule has 0 atom stereocenters. The third-order valence-corrected chi connectivity index (χ3v) is 5.40. The van der Waals surface area contributed by atoms with E-state index in [1.54, 1.807) is 6.08 Å². The highest BCUT2D eigenvalue weighted by Crippen LogP contribution is 2.32. The fraction of sp³-hybridized carbons (Fsp3) is 0.105. The Morgan fingerprint density at radius 2 is 2.00 bits per heavy atom. The van der Waals surface area contributed by atoms with Crippen LogP contribution in [0.2, 0.25) is 5.02 Å². The summed E-state index contributed by atoms with van der Waals surface area (Å²) >= 11 is 12.2. The first kappa shape index (κ1) is 19.5. The van der Waals surface area contributed by atoms with Crippen LogP contribution in [0.3, 0.4) is 0 Å². The number of rotatable bonds is 5. The number of benzene rings is 2. The van der Waals surface area contributed by atoms with Crippen molar-refractivity contribution >= 4 is 63.5 Å². The molecular formula is C19H14ClFN2O2S2. The molecule has 4 nitrogen and oxygen atoms in total. The van der Waals surface area contributed by atoms with Crippen molar-refractivity contribution in [3.8, 4) is 0 Å². The molecule has 0 bridgehead atoms. The van der Waals surface area contributed by atoms with Gasteiger partial charge >= 0.3 is 0 Å². The number of amides is 2. The maximum Gasteiger partial charge on any atom is 0.266 e. The second kappa shape index (κ2) is 8.65. The second-order valence-corrected chi connectivity index (χ2v) is 7.75. The predicted molar refractivity (Wildman–Crippen MR) is 111 cm³/mol. The third-order valence-electron chi connectivity index (χ3n) is 3.74. The van der Waals surface area contributed by atoms with Gasteiger partial charge in [0.15, 0.2) is 0 Å². The van der Waals surface area contributed by atoms with Crippen LogP contribution in [0.25, 0.3) is 6.08 Å². The fourth-order valence-electron chi connectivity index (χ4n) is 2.40. The number of nitrogens with one attached hydrogen (secondary N) is 1. The number of hydrogen-bond acceptors (Lipinski definition) is 4. The van der Waals surface area contributed by atoms with Crippen LogP contribution in [-0.2, 0) is 9.59 Å². The van der Waals surface area contributed by atoms with Crippen LogP contribution < -0.4 is 5.32 Å². The molecule has 2 amide bonds. The molecule has 0 saturated carbocycles. The Bertz CT molecular complexity index is 935. The Kier molecular flexibility index (Phi) is 6.26. The molecule has 1 aliphatic heterocycles. The number of nitrogens with zero attached hydrogens (tertiary/aromatic N) is 1. The van der Waals surface area contributed by atoms with Crippen LogP contribution in [0, 0.1) is 5.82 Å². The maximum absolute atomic E-state index is 13.2. The van der Waals surface area contributed by atoms with E-state index in [0.29, 0.717) is 14.9 Å². The van der Waals surface area contributed by atoms with Crippen molar-refractivity contribution in [3.63, 3.8) is 0 Å². The predicted octanol–water partition coefficient (Wildman–Crippen LogP) is 4.71. The Morgan fingerprint density at radius 1 is 1.26 bits per heavy atom. The summed E-state index contributed by atoms with van der Waals surface area (Å²) in [7, 11) is 0. The number of halogens is 2. The average Bonchev–Trinajstić information content (AvgIpc) is 2.90. The lowest BCUT2D eigenvalue weighted by Crippen LogP contribution is -2.31. The van der Waals surface area contributed by atoms with Gasteiger partial charge in [-0.05, 0) is 29.8 Å². The molecule has 138 valence electrons. The van der Waals surface area contributed by atoms with Crippen molar-refractivity contribution in [1.29, 1.82) is 0 Å². The van der Waals surface area contributed by atoms with Crippen molar-refractivity contribution in [2.75, 3.05) is 11.9 Å². The molecule has 1 saturated heterocycles. The lowest BCUT2D eigenvalue weighted by molar-refractivity contribution is -0.122. The summed E-state index contributed by atoms with van der Waals surface area (Å²) in [6.45, 7) is 0.164. The molecule has 2 aromatic rings. The van der Waals surface area contributed by atoms with Gasteiger partial charge in [0.05, 0.1) is 9.93 Å². The summed E-state index contributed by atoms with van der Waals surface area (Å²) in [6.07, 6.45) is 1.83. The summed E-state index contributed by atoms with van der Waals surface area (Å²) < 4.78 is 13.6. The molecule has 0 aliphatic carbocycles. The van der Waals surface area contributed by atoms with Gasteiger partial charge in [0.1, 0.15) is 10.1 Å². The van der Waals surface area contributed by atoms with Crippen molar-refractivity contribution in [3.05, 3.63) is 69.8 Å².